The minimum absolute atomic E-state index is 0.239. The van der Waals surface area contributed by atoms with E-state index in [0.717, 1.165) is 10.5 Å². The summed E-state index contributed by atoms with van der Waals surface area (Å²) < 4.78 is 14.6. The number of halogens is 1. The molecule has 0 saturated carbocycles. The molecule has 124 valence electrons. The lowest BCUT2D eigenvalue weighted by Crippen LogP contribution is -2.45. The summed E-state index contributed by atoms with van der Waals surface area (Å²) in [5.41, 5.74) is 0.241. The molecule has 22 heavy (non-hydrogen) atoms. The van der Waals surface area contributed by atoms with Gasteiger partial charge in [-0.15, -0.1) is 0 Å². The summed E-state index contributed by atoms with van der Waals surface area (Å²) in [7, 11) is -2.09. The molecule has 6 heteroatoms. The third kappa shape index (κ3) is 2.81. The molecule has 0 aliphatic carbocycles. The van der Waals surface area contributed by atoms with Crippen LogP contribution in [0.15, 0.2) is 12.4 Å². The first-order valence-electron chi connectivity index (χ1n) is 7.92. The fourth-order valence-electron chi connectivity index (χ4n) is 2.30. The van der Waals surface area contributed by atoms with Crippen LogP contribution < -0.4 is 5.46 Å². The second kappa shape index (κ2) is 5.13. The zero-order valence-electron chi connectivity index (χ0n) is 15.4. The Kier molecular flexibility index (Phi) is 4.23. The fourth-order valence-corrected chi connectivity index (χ4v) is 4.31. The second-order valence-electron chi connectivity index (χ2n) is 8.87. The zero-order chi connectivity index (χ0) is 17.1. The molecule has 0 spiro atoms. The largest absolute Gasteiger partial charge is 0.497 e. The highest BCUT2D eigenvalue weighted by Gasteiger charge is 2.52. The van der Waals surface area contributed by atoms with Crippen molar-refractivity contribution in [3.63, 3.8) is 0 Å². The minimum atomic E-state index is -1.69. The SMILES string of the molecule is CC1(C)OB(c2cn([Si](C)(C)C(C)(C)C)cc2Cl)OC1(C)C. The highest BCUT2D eigenvalue weighted by atomic mass is 35.5. The van der Waals surface area contributed by atoms with Crippen LogP contribution in [0.1, 0.15) is 48.5 Å². The number of hydrogen-bond donors (Lipinski definition) is 0. The number of nitrogens with zero attached hydrogens (tertiary/aromatic N) is 1. The van der Waals surface area contributed by atoms with Gasteiger partial charge in [-0.2, -0.15) is 0 Å². The van der Waals surface area contributed by atoms with E-state index >= 15 is 0 Å². The van der Waals surface area contributed by atoms with Crippen LogP contribution in [-0.2, 0) is 9.31 Å². The Labute approximate surface area is 141 Å². The lowest BCUT2D eigenvalue weighted by Gasteiger charge is -2.37. The van der Waals surface area contributed by atoms with Crippen molar-refractivity contribution in [1.29, 1.82) is 0 Å². The van der Waals surface area contributed by atoms with Gasteiger partial charge in [0.15, 0.2) is 8.24 Å². The van der Waals surface area contributed by atoms with E-state index in [0.29, 0.717) is 0 Å². The van der Waals surface area contributed by atoms with Gasteiger partial charge in [-0.05, 0) is 38.9 Å². The standard InChI is InChI=1S/C16H29BClNO2Si/c1-14(2,3)22(8,9)19-10-12(13(18)11-19)17-20-15(4,5)16(6,7)21-17/h10-11H,1-9H3. The quantitative estimate of drug-likeness (QED) is 0.749. The fraction of sp³-hybridized carbons (Fsp3) is 0.750. The third-order valence-corrected chi connectivity index (χ3v) is 11.3. The van der Waals surface area contributed by atoms with E-state index in [9.17, 15) is 0 Å². The lowest BCUT2D eigenvalue weighted by molar-refractivity contribution is 0.00578. The average Bonchev–Trinajstić information content (AvgIpc) is 2.76. The van der Waals surface area contributed by atoms with Gasteiger partial charge in [-0.3, -0.25) is 0 Å². The molecule has 0 amide bonds. The molecule has 1 aliphatic rings. The van der Waals surface area contributed by atoms with Gasteiger partial charge in [0.25, 0.3) is 0 Å². The van der Waals surface area contributed by atoms with Gasteiger partial charge in [-0.25, -0.2) is 0 Å². The topological polar surface area (TPSA) is 23.4 Å². The Hall–Kier alpha value is -0.228. The van der Waals surface area contributed by atoms with Crippen molar-refractivity contribution < 1.29 is 9.31 Å². The van der Waals surface area contributed by atoms with Gasteiger partial charge in [0, 0.05) is 11.7 Å². The molecule has 0 N–H and O–H groups in total. The molecule has 1 aromatic rings. The summed E-state index contributed by atoms with van der Waals surface area (Å²) in [6, 6.07) is 0. The van der Waals surface area contributed by atoms with E-state index in [-0.39, 0.29) is 16.2 Å². The predicted molar refractivity (Wildman–Crippen MR) is 97.8 cm³/mol. The molecule has 0 radical (unpaired) electrons. The van der Waals surface area contributed by atoms with Gasteiger partial charge in [0.2, 0.25) is 0 Å². The maximum absolute atomic E-state index is 6.51. The van der Waals surface area contributed by atoms with Gasteiger partial charge in [0.05, 0.1) is 16.2 Å². The van der Waals surface area contributed by atoms with Crippen molar-refractivity contribution in [2.45, 2.75) is 77.8 Å². The van der Waals surface area contributed by atoms with Gasteiger partial charge < -0.3 is 13.5 Å². The molecule has 0 aromatic carbocycles. The van der Waals surface area contributed by atoms with E-state index < -0.39 is 15.4 Å². The van der Waals surface area contributed by atoms with Crippen molar-refractivity contribution in [2.24, 2.45) is 0 Å². The molecular formula is C16H29BClNO2Si. The van der Waals surface area contributed by atoms with E-state index in [1.54, 1.807) is 0 Å². The Bertz CT molecular complexity index is 559. The first-order valence-corrected chi connectivity index (χ1v) is 11.2. The molecule has 2 rings (SSSR count). The Morgan fingerprint density at radius 3 is 1.91 bits per heavy atom. The molecule has 0 unspecified atom stereocenters. The number of aromatic nitrogens is 1. The molecule has 0 bridgehead atoms. The maximum Gasteiger partial charge on any atom is 0.497 e. The molecule has 1 saturated heterocycles. The smallest absolute Gasteiger partial charge is 0.399 e. The molecule has 1 fully saturated rings. The van der Waals surface area contributed by atoms with Crippen LogP contribution >= 0.6 is 11.6 Å². The van der Waals surface area contributed by atoms with Crippen molar-refractivity contribution in [1.82, 2.24) is 4.23 Å². The van der Waals surface area contributed by atoms with Crippen LogP contribution in [0, 0.1) is 0 Å². The van der Waals surface area contributed by atoms with Gasteiger partial charge >= 0.3 is 7.12 Å². The highest BCUT2D eigenvalue weighted by Crippen LogP contribution is 2.39. The monoisotopic (exact) mass is 341 g/mol. The van der Waals surface area contributed by atoms with Crippen molar-refractivity contribution >= 4 is 32.4 Å². The van der Waals surface area contributed by atoms with Crippen LogP contribution in [0.25, 0.3) is 0 Å². The molecule has 2 heterocycles. The summed E-state index contributed by atoms with van der Waals surface area (Å²) >= 11 is 6.51. The Morgan fingerprint density at radius 1 is 1.05 bits per heavy atom. The van der Waals surface area contributed by atoms with Crippen LogP contribution in [0.3, 0.4) is 0 Å². The van der Waals surface area contributed by atoms with Crippen LogP contribution in [-0.4, -0.2) is 30.8 Å². The van der Waals surface area contributed by atoms with E-state index in [1.165, 1.54) is 0 Å². The summed E-state index contributed by atoms with van der Waals surface area (Å²) in [4.78, 5) is 0. The van der Waals surface area contributed by atoms with Crippen LogP contribution in [0.4, 0.5) is 0 Å². The highest BCUT2D eigenvalue weighted by molar-refractivity contribution is 6.79. The van der Waals surface area contributed by atoms with Crippen LogP contribution in [0.5, 0.6) is 0 Å². The molecule has 1 aromatic heterocycles. The van der Waals surface area contributed by atoms with E-state index in [1.807, 2.05) is 6.20 Å². The van der Waals surface area contributed by atoms with Gasteiger partial charge in [-0.1, -0.05) is 45.5 Å². The van der Waals surface area contributed by atoms with E-state index in [4.69, 9.17) is 20.9 Å². The molecule has 3 nitrogen and oxygen atoms in total. The minimum Gasteiger partial charge on any atom is -0.399 e. The first kappa shape index (κ1) is 18.1. The van der Waals surface area contributed by atoms with Crippen molar-refractivity contribution in [3.05, 3.63) is 17.4 Å². The summed E-state index contributed by atoms with van der Waals surface area (Å²) in [5.74, 6) is 0. The summed E-state index contributed by atoms with van der Waals surface area (Å²) in [6.45, 7) is 19.8. The van der Waals surface area contributed by atoms with Crippen molar-refractivity contribution in [3.8, 4) is 0 Å². The van der Waals surface area contributed by atoms with Crippen molar-refractivity contribution in [2.75, 3.05) is 0 Å². The lowest BCUT2D eigenvalue weighted by atomic mass is 9.81. The molecule has 0 atom stereocenters. The van der Waals surface area contributed by atoms with Crippen LogP contribution in [0.2, 0.25) is 23.2 Å². The third-order valence-electron chi connectivity index (χ3n) is 5.79. The maximum atomic E-state index is 6.51. The second-order valence-corrected chi connectivity index (χ2v) is 14.4. The Balaban J connectivity index is 2.37. The van der Waals surface area contributed by atoms with Gasteiger partial charge in [0.1, 0.15) is 0 Å². The first-order chi connectivity index (χ1) is 9.69. The van der Waals surface area contributed by atoms with E-state index in [2.05, 4.69) is 72.0 Å². The Morgan fingerprint density at radius 2 is 1.50 bits per heavy atom. The molecule has 1 aliphatic heterocycles. The summed E-state index contributed by atoms with van der Waals surface area (Å²) in [6.07, 6.45) is 4.17. The normalized spacial score (nSPS) is 21.5. The summed E-state index contributed by atoms with van der Waals surface area (Å²) in [5, 5.41) is 0.964. The number of hydrogen-bond acceptors (Lipinski definition) is 2. The molecular weight excluding hydrogens is 313 g/mol. The predicted octanol–water partition coefficient (Wildman–Crippen LogP) is 4.29. The number of rotatable bonds is 2. The zero-order valence-corrected chi connectivity index (χ0v) is 17.1. The average molecular weight is 342 g/mol.